The molecule has 0 aliphatic carbocycles. The number of hydrogen-bond acceptors (Lipinski definition) is 13. The van der Waals surface area contributed by atoms with E-state index in [1.807, 2.05) is 28.2 Å². The minimum absolute atomic E-state index is 0.160. The van der Waals surface area contributed by atoms with E-state index in [1.165, 1.54) is 0 Å². The van der Waals surface area contributed by atoms with Gasteiger partial charge in [0.05, 0.1) is 52.1 Å². The Labute approximate surface area is 265 Å². The molecule has 0 saturated carbocycles. The Hall–Kier alpha value is -2.32. The molecule has 0 rings (SSSR count). The molecule has 0 bridgehead atoms. The van der Waals surface area contributed by atoms with Crippen molar-refractivity contribution in [2.75, 3.05) is 121 Å². The third-order valence-electron chi connectivity index (χ3n) is 6.89. The van der Waals surface area contributed by atoms with E-state index in [0.717, 1.165) is 39.0 Å². The minimum atomic E-state index is -0.249. The van der Waals surface area contributed by atoms with Crippen LogP contribution in [0.2, 0.25) is 0 Å². The SMILES string of the molecule is CCCCOC(=O)CCN(C)CCN(C)CCC(=O)OCCCCOC(=O)CCN(C)CCN(C)CCC(=O)OCCOC. The molecule has 13 nitrogen and oxygen atoms in total. The zero-order valence-electron chi connectivity index (χ0n) is 28.3. The highest BCUT2D eigenvalue weighted by molar-refractivity contribution is 5.70. The molecule has 0 spiro atoms. The quantitative estimate of drug-likeness (QED) is 0.0675. The number of esters is 4. The number of carbonyl (C=O) groups excluding carboxylic acids is 4. The van der Waals surface area contributed by atoms with Crippen LogP contribution in [0.25, 0.3) is 0 Å². The standard InChI is InChI=1S/C31H60N4O9/c1-7-8-23-41-28(36)11-15-32(2)19-20-33(3)16-12-29(37)42-24-9-10-25-43-30(38)13-17-34(4)21-22-35(5)18-14-31(39)44-27-26-40-6/h7-27H2,1-6H3. The van der Waals surface area contributed by atoms with Crippen LogP contribution in [0.4, 0.5) is 0 Å². The normalized spacial score (nSPS) is 11.4. The molecule has 258 valence electrons. The lowest BCUT2D eigenvalue weighted by Crippen LogP contribution is -2.33. The van der Waals surface area contributed by atoms with Crippen molar-refractivity contribution in [1.82, 2.24) is 19.6 Å². The average Bonchev–Trinajstić information content (AvgIpc) is 3.00. The summed E-state index contributed by atoms with van der Waals surface area (Å²) >= 11 is 0. The maximum Gasteiger partial charge on any atom is 0.307 e. The van der Waals surface area contributed by atoms with E-state index in [0.29, 0.717) is 91.1 Å². The van der Waals surface area contributed by atoms with E-state index in [4.69, 9.17) is 23.7 Å². The predicted octanol–water partition coefficient (Wildman–Crippen LogP) is 1.67. The van der Waals surface area contributed by atoms with Gasteiger partial charge >= 0.3 is 23.9 Å². The molecule has 13 heteroatoms. The highest BCUT2D eigenvalue weighted by Gasteiger charge is 2.11. The number of carbonyl (C=O) groups is 4. The molecule has 0 saturated heterocycles. The maximum absolute atomic E-state index is 12.0. The lowest BCUT2D eigenvalue weighted by Gasteiger charge is -2.21. The first kappa shape index (κ1) is 41.7. The van der Waals surface area contributed by atoms with Crippen LogP contribution in [-0.2, 0) is 42.9 Å². The molecule has 0 unspecified atom stereocenters. The number of rotatable bonds is 29. The number of methoxy groups -OCH3 is 1. The molecule has 0 radical (unpaired) electrons. The van der Waals surface area contributed by atoms with E-state index >= 15 is 0 Å². The summed E-state index contributed by atoms with van der Waals surface area (Å²) in [5, 5.41) is 0. The van der Waals surface area contributed by atoms with Gasteiger partial charge in [-0.05, 0) is 47.5 Å². The van der Waals surface area contributed by atoms with Gasteiger partial charge in [-0.2, -0.15) is 0 Å². The molecule has 0 aromatic heterocycles. The van der Waals surface area contributed by atoms with Gasteiger partial charge in [0, 0.05) is 59.5 Å². The predicted molar refractivity (Wildman–Crippen MR) is 168 cm³/mol. The molecule has 0 fully saturated rings. The fraction of sp³-hybridized carbons (Fsp3) is 0.871. The van der Waals surface area contributed by atoms with Gasteiger partial charge in [-0.1, -0.05) is 13.3 Å². The summed E-state index contributed by atoms with van der Waals surface area (Å²) in [4.78, 5) is 55.7. The van der Waals surface area contributed by atoms with E-state index in [2.05, 4.69) is 26.5 Å². The molecular weight excluding hydrogens is 572 g/mol. The van der Waals surface area contributed by atoms with Crippen molar-refractivity contribution in [3.8, 4) is 0 Å². The van der Waals surface area contributed by atoms with Gasteiger partial charge in [-0.25, -0.2) is 0 Å². The molecule has 0 aliphatic heterocycles. The van der Waals surface area contributed by atoms with Crippen molar-refractivity contribution < 1.29 is 42.9 Å². The van der Waals surface area contributed by atoms with Gasteiger partial charge in [0.2, 0.25) is 0 Å². The maximum atomic E-state index is 12.0. The Morgan fingerprint density at radius 3 is 1.02 bits per heavy atom. The lowest BCUT2D eigenvalue weighted by molar-refractivity contribution is -0.146. The topological polar surface area (TPSA) is 127 Å². The summed E-state index contributed by atoms with van der Waals surface area (Å²) in [6.07, 6.45) is 4.48. The number of nitrogens with zero attached hydrogens (tertiary/aromatic N) is 4. The van der Waals surface area contributed by atoms with Crippen molar-refractivity contribution in [2.24, 2.45) is 0 Å². The van der Waals surface area contributed by atoms with Crippen molar-refractivity contribution in [1.29, 1.82) is 0 Å². The van der Waals surface area contributed by atoms with Gasteiger partial charge in [-0.15, -0.1) is 0 Å². The second-order valence-electron chi connectivity index (χ2n) is 11.1. The van der Waals surface area contributed by atoms with Crippen LogP contribution < -0.4 is 0 Å². The monoisotopic (exact) mass is 632 g/mol. The largest absolute Gasteiger partial charge is 0.466 e. The molecule has 0 aromatic rings. The number of hydrogen-bond donors (Lipinski definition) is 0. The average molecular weight is 633 g/mol. The Morgan fingerprint density at radius 1 is 0.432 bits per heavy atom. The van der Waals surface area contributed by atoms with Crippen LogP contribution in [0.15, 0.2) is 0 Å². The third kappa shape index (κ3) is 27.2. The Morgan fingerprint density at radius 2 is 0.727 bits per heavy atom. The zero-order chi connectivity index (χ0) is 33.0. The summed E-state index contributed by atoms with van der Waals surface area (Å²) in [5.74, 6) is -0.889. The summed E-state index contributed by atoms with van der Waals surface area (Å²) in [7, 11) is 9.38. The van der Waals surface area contributed by atoms with Gasteiger partial charge < -0.3 is 43.3 Å². The van der Waals surface area contributed by atoms with E-state index in [9.17, 15) is 19.2 Å². The Balaban J connectivity index is 3.73. The van der Waals surface area contributed by atoms with Crippen LogP contribution in [0.1, 0.15) is 58.3 Å². The Kier molecular flexibility index (Phi) is 26.7. The first-order chi connectivity index (χ1) is 21.1. The summed E-state index contributed by atoms with van der Waals surface area (Å²) < 4.78 is 25.7. The number of likely N-dealkylation sites (N-methyl/N-ethyl adjacent to an activating group) is 4. The van der Waals surface area contributed by atoms with Crippen LogP contribution in [0.5, 0.6) is 0 Å². The molecular formula is C31H60N4O9. The fourth-order valence-electron chi connectivity index (χ4n) is 3.69. The molecule has 0 amide bonds. The lowest BCUT2D eigenvalue weighted by atomic mass is 10.3. The zero-order valence-corrected chi connectivity index (χ0v) is 28.3. The van der Waals surface area contributed by atoms with Crippen LogP contribution >= 0.6 is 0 Å². The number of unbranched alkanes of at least 4 members (excludes halogenated alkanes) is 2. The van der Waals surface area contributed by atoms with E-state index < -0.39 is 0 Å². The second-order valence-corrected chi connectivity index (χ2v) is 11.1. The summed E-state index contributed by atoms with van der Waals surface area (Å²) in [6, 6.07) is 0. The van der Waals surface area contributed by atoms with Crippen LogP contribution in [0, 0.1) is 0 Å². The van der Waals surface area contributed by atoms with Crippen LogP contribution in [-0.4, -0.2) is 164 Å². The molecule has 0 aromatic carbocycles. The number of ether oxygens (including phenoxy) is 5. The van der Waals surface area contributed by atoms with Gasteiger partial charge in [0.25, 0.3) is 0 Å². The van der Waals surface area contributed by atoms with Crippen molar-refractivity contribution in [3.63, 3.8) is 0 Å². The minimum Gasteiger partial charge on any atom is -0.466 e. The molecule has 0 N–H and O–H groups in total. The Bertz CT molecular complexity index is 710. The highest BCUT2D eigenvalue weighted by Crippen LogP contribution is 2.00. The van der Waals surface area contributed by atoms with Gasteiger partial charge in [0.15, 0.2) is 0 Å². The molecule has 0 atom stereocenters. The second kappa shape index (κ2) is 28.2. The first-order valence-corrected chi connectivity index (χ1v) is 15.9. The fourth-order valence-corrected chi connectivity index (χ4v) is 3.69. The van der Waals surface area contributed by atoms with Crippen molar-refractivity contribution >= 4 is 23.9 Å². The highest BCUT2D eigenvalue weighted by atomic mass is 16.6. The van der Waals surface area contributed by atoms with Gasteiger partial charge in [0.1, 0.15) is 6.61 Å². The van der Waals surface area contributed by atoms with Crippen molar-refractivity contribution in [2.45, 2.75) is 58.3 Å². The molecule has 44 heavy (non-hydrogen) atoms. The molecule has 0 aliphatic rings. The van der Waals surface area contributed by atoms with E-state index in [-0.39, 0.29) is 30.5 Å². The summed E-state index contributed by atoms with van der Waals surface area (Å²) in [6.45, 7) is 9.34. The summed E-state index contributed by atoms with van der Waals surface area (Å²) in [5.41, 5.74) is 0. The molecule has 0 heterocycles. The van der Waals surface area contributed by atoms with Crippen molar-refractivity contribution in [3.05, 3.63) is 0 Å². The third-order valence-corrected chi connectivity index (χ3v) is 6.89. The van der Waals surface area contributed by atoms with Crippen LogP contribution in [0.3, 0.4) is 0 Å². The first-order valence-electron chi connectivity index (χ1n) is 15.9. The van der Waals surface area contributed by atoms with Gasteiger partial charge in [-0.3, -0.25) is 19.2 Å². The van der Waals surface area contributed by atoms with E-state index in [1.54, 1.807) is 7.11 Å². The smallest absolute Gasteiger partial charge is 0.307 e.